The molecule has 5 nitrogen and oxygen atoms in total. The third kappa shape index (κ3) is 2.39. The number of carbonyl (C=O) groups excluding carboxylic acids is 2. The lowest BCUT2D eigenvalue weighted by molar-refractivity contribution is -0.123. The SMILES string of the molecule is Cn1cc(C(=O)N2CCC[C@@H](C(N)=O)C2)c2ccccc21. The maximum Gasteiger partial charge on any atom is 0.256 e. The molecule has 0 bridgehead atoms. The van der Waals surface area contributed by atoms with Gasteiger partial charge in [-0.3, -0.25) is 9.59 Å². The fourth-order valence-corrected chi connectivity index (χ4v) is 3.08. The quantitative estimate of drug-likeness (QED) is 0.909. The van der Waals surface area contributed by atoms with Crippen LogP contribution in [0.3, 0.4) is 0 Å². The summed E-state index contributed by atoms with van der Waals surface area (Å²) in [5, 5.41) is 0.950. The van der Waals surface area contributed by atoms with E-state index in [2.05, 4.69) is 0 Å². The number of rotatable bonds is 2. The second-order valence-electron chi connectivity index (χ2n) is 5.66. The van der Waals surface area contributed by atoms with Gasteiger partial charge in [-0.2, -0.15) is 0 Å². The van der Waals surface area contributed by atoms with Gasteiger partial charge in [-0.05, 0) is 18.9 Å². The Bertz CT molecular complexity index is 705. The molecular formula is C16H19N3O2. The minimum atomic E-state index is -0.314. The van der Waals surface area contributed by atoms with Gasteiger partial charge in [-0.15, -0.1) is 0 Å². The molecule has 3 rings (SSSR count). The smallest absolute Gasteiger partial charge is 0.256 e. The molecule has 1 fully saturated rings. The Morgan fingerprint density at radius 2 is 2.05 bits per heavy atom. The molecule has 110 valence electrons. The third-order valence-electron chi connectivity index (χ3n) is 4.24. The number of benzene rings is 1. The van der Waals surface area contributed by atoms with Crippen molar-refractivity contribution in [1.29, 1.82) is 0 Å². The molecule has 0 saturated carbocycles. The summed E-state index contributed by atoms with van der Waals surface area (Å²) in [7, 11) is 1.93. The van der Waals surface area contributed by atoms with Gasteiger partial charge in [0.2, 0.25) is 5.91 Å². The summed E-state index contributed by atoms with van der Waals surface area (Å²) < 4.78 is 1.96. The maximum atomic E-state index is 12.8. The molecule has 1 aromatic carbocycles. The first kappa shape index (κ1) is 13.7. The molecule has 0 radical (unpaired) electrons. The van der Waals surface area contributed by atoms with E-state index in [0.717, 1.165) is 23.7 Å². The van der Waals surface area contributed by atoms with Crippen molar-refractivity contribution in [3.05, 3.63) is 36.0 Å². The van der Waals surface area contributed by atoms with Crippen molar-refractivity contribution in [2.45, 2.75) is 12.8 Å². The Morgan fingerprint density at radius 1 is 1.29 bits per heavy atom. The topological polar surface area (TPSA) is 68.3 Å². The normalized spacial score (nSPS) is 18.9. The number of nitrogens with two attached hydrogens (primary N) is 1. The first-order valence-electron chi connectivity index (χ1n) is 7.20. The molecule has 0 spiro atoms. The molecule has 2 aromatic rings. The molecule has 1 saturated heterocycles. The van der Waals surface area contributed by atoms with Gasteiger partial charge in [0.15, 0.2) is 0 Å². The summed E-state index contributed by atoms with van der Waals surface area (Å²) in [6.07, 6.45) is 3.46. The average Bonchev–Trinajstić information content (AvgIpc) is 2.84. The number of aromatic nitrogens is 1. The highest BCUT2D eigenvalue weighted by molar-refractivity contribution is 6.07. The molecule has 1 atom stereocenters. The fraction of sp³-hybridized carbons (Fsp3) is 0.375. The van der Waals surface area contributed by atoms with E-state index in [0.29, 0.717) is 18.7 Å². The second kappa shape index (κ2) is 5.24. The molecule has 5 heteroatoms. The number of likely N-dealkylation sites (tertiary alicyclic amines) is 1. The molecule has 1 aliphatic heterocycles. The van der Waals surface area contributed by atoms with Gasteiger partial charge in [-0.25, -0.2) is 0 Å². The zero-order valence-corrected chi connectivity index (χ0v) is 12.1. The van der Waals surface area contributed by atoms with Gasteiger partial charge in [0.05, 0.1) is 11.5 Å². The molecule has 2 amide bonds. The molecule has 1 aromatic heterocycles. The first-order chi connectivity index (χ1) is 10.1. The van der Waals surface area contributed by atoms with Crippen LogP contribution in [0, 0.1) is 5.92 Å². The van der Waals surface area contributed by atoms with Gasteiger partial charge in [0.1, 0.15) is 0 Å². The van der Waals surface area contributed by atoms with Crippen LogP contribution < -0.4 is 5.73 Å². The van der Waals surface area contributed by atoms with E-state index in [4.69, 9.17) is 5.73 Å². The van der Waals surface area contributed by atoms with Gasteiger partial charge in [0.25, 0.3) is 5.91 Å². The van der Waals surface area contributed by atoms with E-state index < -0.39 is 0 Å². The summed E-state index contributed by atoms with van der Waals surface area (Å²) in [5.41, 5.74) is 7.11. The molecular weight excluding hydrogens is 266 g/mol. The lowest BCUT2D eigenvalue weighted by Crippen LogP contribution is -2.44. The molecule has 1 aliphatic rings. The van der Waals surface area contributed by atoms with Crippen LogP contribution in [0.4, 0.5) is 0 Å². The van der Waals surface area contributed by atoms with Crippen molar-refractivity contribution >= 4 is 22.7 Å². The molecule has 21 heavy (non-hydrogen) atoms. The van der Waals surface area contributed by atoms with Crippen molar-refractivity contribution in [3.8, 4) is 0 Å². The van der Waals surface area contributed by atoms with E-state index in [9.17, 15) is 9.59 Å². The summed E-state index contributed by atoms with van der Waals surface area (Å²) in [5.74, 6) is -0.555. The van der Waals surface area contributed by atoms with E-state index in [1.807, 2.05) is 42.1 Å². The lowest BCUT2D eigenvalue weighted by atomic mass is 9.97. The standard InChI is InChI=1S/C16H19N3O2/c1-18-10-13(12-6-2-3-7-14(12)18)16(21)19-8-4-5-11(9-19)15(17)20/h2-3,6-7,10-11H,4-5,8-9H2,1H3,(H2,17,20)/t11-/m1/s1. The zero-order valence-electron chi connectivity index (χ0n) is 12.1. The fourth-order valence-electron chi connectivity index (χ4n) is 3.08. The van der Waals surface area contributed by atoms with Crippen molar-refractivity contribution in [2.24, 2.45) is 18.7 Å². The highest BCUT2D eigenvalue weighted by Crippen LogP contribution is 2.24. The highest BCUT2D eigenvalue weighted by Gasteiger charge is 2.28. The van der Waals surface area contributed by atoms with Crippen molar-refractivity contribution in [3.63, 3.8) is 0 Å². The minimum absolute atomic E-state index is 0.0160. The molecule has 0 aliphatic carbocycles. The summed E-state index contributed by atoms with van der Waals surface area (Å²) in [4.78, 5) is 25.9. The van der Waals surface area contributed by atoms with Crippen molar-refractivity contribution < 1.29 is 9.59 Å². The van der Waals surface area contributed by atoms with Crippen LogP contribution in [-0.2, 0) is 11.8 Å². The Hall–Kier alpha value is -2.30. The summed E-state index contributed by atoms with van der Waals surface area (Å²) in [6, 6.07) is 7.84. The number of aryl methyl sites for hydroxylation is 1. The molecule has 0 unspecified atom stereocenters. The van der Waals surface area contributed by atoms with Crippen LogP contribution in [0.25, 0.3) is 10.9 Å². The Balaban J connectivity index is 1.92. The largest absolute Gasteiger partial charge is 0.369 e. The van der Waals surface area contributed by atoms with Crippen molar-refractivity contribution in [2.75, 3.05) is 13.1 Å². The van der Waals surface area contributed by atoms with Crippen LogP contribution >= 0.6 is 0 Å². The zero-order chi connectivity index (χ0) is 15.0. The van der Waals surface area contributed by atoms with Gasteiger partial charge in [0, 0.05) is 37.2 Å². The number of amides is 2. The van der Waals surface area contributed by atoms with E-state index in [1.165, 1.54) is 0 Å². The predicted octanol–water partition coefficient (Wildman–Crippen LogP) is 1.52. The van der Waals surface area contributed by atoms with E-state index in [-0.39, 0.29) is 17.7 Å². The van der Waals surface area contributed by atoms with Gasteiger partial charge in [-0.1, -0.05) is 18.2 Å². The monoisotopic (exact) mass is 285 g/mol. The number of piperidine rings is 1. The number of hydrogen-bond donors (Lipinski definition) is 1. The Morgan fingerprint density at radius 3 is 2.81 bits per heavy atom. The van der Waals surface area contributed by atoms with Gasteiger partial charge < -0.3 is 15.2 Å². The lowest BCUT2D eigenvalue weighted by Gasteiger charge is -2.31. The molecule has 2 N–H and O–H groups in total. The van der Waals surface area contributed by atoms with Crippen LogP contribution in [0.1, 0.15) is 23.2 Å². The first-order valence-corrected chi connectivity index (χ1v) is 7.20. The van der Waals surface area contributed by atoms with Gasteiger partial charge >= 0.3 is 0 Å². The number of fused-ring (bicyclic) bond motifs is 1. The summed E-state index contributed by atoms with van der Waals surface area (Å²) >= 11 is 0. The molecule has 2 heterocycles. The van der Waals surface area contributed by atoms with Crippen LogP contribution in [0.15, 0.2) is 30.5 Å². The number of carbonyl (C=O) groups is 2. The predicted molar refractivity (Wildman–Crippen MR) is 80.7 cm³/mol. The maximum absolute atomic E-state index is 12.8. The van der Waals surface area contributed by atoms with Crippen LogP contribution in [0.5, 0.6) is 0 Å². The number of para-hydroxylation sites is 1. The summed E-state index contributed by atoms with van der Waals surface area (Å²) in [6.45, 7) is 1.11. The number of nitrogens with zero attached hydrogens (tertiary/aromatic N) is 2. The van der Waals surface area contributed by atoms with Crippen molar-refractivity contribution in [1.82, 2.24) is 9.47 Å². The highest BCUT2D eigenvalue weighted by atomic mass is 16.2. The number of primary amides is 1. The second-order valence-corrected chi connectivity index (χ2v) is 5.66. The minimum Gasteiger partial charge on any atom is -0.369 e. The van der Waals surface area contributed by atoms with E-state index >= 15 is 0 Å². The number of hydrogen-bond acceptors (Lipinski definition) is 2. The van der Waals surface area contributed by atoms with Crippen LogP contribution in [-0.4, -0.2) is 34.4 Å². The van der Waals surface area contributed by atoms with E-state index in [1.54, 1.807) is 4.90 Å². The Labute approximate surface area is 123 Å². The average molecular weight is 285 g/mol. The Kier molecular flexibility index (Phi) is 3.41. The van der Waals surface area contributed by atoms with Crippen LogP contribution in [0.2, 0.25) is 0 Å². The third-order valence-corrected chi connectivity index (χ3v) is 4.24.